The standard InChI is InChI=1S/C16H21FN2O.C2H6/c1-11(2)16-18-14-9-12(8-13(17)15(14)20-16)10-19-6-4-3-5-7-19;1-2/h8-9,11H,3-7,10H2,1-2H3;1-2H3. The van der Waals surface area contributed by atoms with Crippen LogP contribution in [0, 0.1) is 5.82 Å². The van der Waals surface area contributed by atoms with Gasteiger partial charge < -0.3 is 4.42 Å². The first-order valence-corrected chi connectivity index (χ1v) is 8.44. The van der Waals surface area contributed by atoms with Gasteiger partial charge in [0.2, 0.25) is 0 Å². The van der Waals surface area contributed by atoms with Crippen molar-refractivity contribution in [3.05, 3.63) is 29.4 Å². The summed E-state index contributed by atoms with van der Waals surface area (Å²) in [6.07, 6.45) is 3.79. The number of halogens is 1. The number of aromatic nitrogens is 1. The van der Waals surface area contributed by atoms with E-state index in [1.54, 1.807) is 6.07 Å². The predicted molar refractivity (Wildman–Crippen MR) is 88.5 cm³/mol. The maximum Gasteiger partial charge on any atom is 0.198 e. The molecule has 0 bridgehead atoms. The van der Waals surface area contributed by atoms with E-state index in [2.05, 4.69) is 9.88 Å². The van der Waals surface area contributed by atoms with Crippen LogP contribution in [0.5, 0.6) is 0 Å². The molecule has 1 saturated heterocycles. The summed E-state index contributed by atoms with van der Waals surface area (Å²) in [6, 6.07) is 3.55. The third-order valence-corrected chi connectivity index (χ3v) is 3.87. The van der Waals surface area contributed by atoms with Crippen molar-refractivity contribution >= 4 is 11.1 Å². The molecule has 3 nitrogen and oxygen atoms in total. The second kappa shape index (κ2) is 7.73. The molecule has 122 valence electrons. The van der Waals surface area contributed by atoms with Crippen LogP contribution in [-0.4, -0.2) is 23.0 Å². The van der Waals surface area contributed by atoms with Gasteiger partial charge in [-0.3, -0.25) is 4.90 Å². The first-order chi connectivity index (χ1) is 10.6. The zero-order valence-electron chi connectivity index (χ0n) is 14.2. The predicted octanol–water partition coefficient (Wildman–Crippen LogP) is 5.10. The van der Waals surface area contributed by atoms with Crippen LogP contribution < -0.4 is 0 Å². The van der Waals surface area contributed by atoms with E-state index < -0.39 is 0 Å². The van der Waals surface area contributed by atoms with Crippen molar-refractivity contribution in [3.8, 4) is 0 Å². The van der Waals surface area contributed by atoms with E-state index in [1.807, 2.05) is 33.8 Å². The molecule has 2 aromatic rings. The van der Waals surface area contributed by atoms with Crippen molar-refractivity contribution in [1.82, 2.24) is 9.88 Å². The Morgan fingerprint density at radius 2 is 1.86 bits per heavy atom. The maximum absolute atomic E-state index is 14.1. The van der Waals surface area contributed by atoms with Crippen LogP contribution >= 0.6 is 0 Å². The van der Waals surface area contributed by atoms with E-state index in [0.29, 0.717) is 11.4 Å². The average molecular weight is 306 g/mol. The first-order valence-electron chi connectivity index (χ1n) is 8.44. The Balaban J connectivity index is 0.000000847. The van der Waals surface area contributed by atoms with Crippen molar-refractivity contribution in [2.45, 2.75) is 59.4 Å². The van der Waals surface area contributed by atoms with Crippen LogP contribution in [0.3, 0.4) is 0 Å². The Morgan fingerprint density at radius 3 is 2.50 bits per heavy atom. The SMILES string of the molecule is CC.CC(C)c1nc2cc(CN3CCCCC3)cc(F)c2o1. The number of benzene rings is 1. The fraction of sp³-hybridized carbons (Fsp3) is 0.611. The molecule has 1 aliphatic rings. The molecule has 22 heavy (non-hydrogen) atoms. The van der Waals surface area contributed by atoms with Crippen LogP contribution in [0.4, 0.5) is 4.39 Å². The average Bonchev–Trinajstić information content (AvgIpc) is 2.95. The Kier molecular flexibility index (Phi) is 5.95. The summed E-state index contributed by atoms with van der Waals surface area (Å²) >= 11 is 0. The number of oxazole rings is 1. The highest BCUT2D eigenvalue weighted by atomic mass is 19.1. The highest BCUT2D eigenvalue weighted by Gasteiger charge is 2.16. The molecule has 0 spiro atoms. The molecule has 2 heterocycles. The van der Waals surface area contributed by atoms with Crippen molar-refractivity contribution in [1.29, 1.82) is 0 Å². The topological polar surface area (TPSA) is 29.3 Å². The number of piperidine rings is 1. The zero-order chi connectivity index (χ0) is 16.1. The van der Waals surface area contributed by atoms with Gasteiger partial charge in [0.1, 0.15) is 5.52 Å². The van der Waals surface area contributed by atoms with Gasteiger partial charge in [-0.15, -0.1) is 0 Å². The molecule has 1 aromatic carbocycles. The summed E-state index contributed by atoms with van der Waals surface area (Å²) in [4.78, 5) is 6.78. The largest absolute Gasteiger partial charge is 0.437 e. The van der Waals surface area contributed by atoms with Gasteiger partial charge in [0.25, 0.3) is 0 Å². The van der Waals surface area contributed by atoms with Crippen LogP contribution in [0.1, 0.15) is 64.3 Å². The molecular weight excluding hydrogens is 279 g/mol. The van der Waals surface area contributed by atoms with Gasteiger partial charge in [-0.25, -0.2) is 9.37 Å². The smallest absolute Gasteiger partial charge is 0.198 e. The highest BCUT2D eigenvalue weighted by Crippen LogP contribution is 2.25. The van der Waals surface area contributed by atoms with E-state index in [1.165, 1.54) is 19.3 Å². The van der Waals surface area contributed by atoms with Crippen LogP contribution in [0.2, 0.25) is 0 Å². The number of hydrogen-bond donors (Lipinski definition) is 0. The number of hydrogen-bond acceptors (Lipinski definition) is 3. The van der Waals surface area contributed by atoms with E-state index in [4.69, 9.17) is 4.42 Å². The lowest BCUT2D eigenvalue weighted by molar-refractivity contribution is 0.221. The van der Waals surface area contributed by atoms with Crippen LogP contribution in [-0.2, 0) is 6.54 Å². The van der Waals surface area contributed by atoms with E-state index in [-0.39, 0.29) is 17.3 Å². The van der Waals surface area contributed by atoms with Gasteiger partial charge in [0.05, 0.1) is 0 Å². The maximum atomic E-state index is 14.1. The number of likely N-dealkylation sites (tertiary alicyclic amines) is 1. The number of rotatable bonds is 3. The normalized spacial score (nSPS) is 15.9. The van der Waals surface area contributed by atoms with Crippen molar-refractivity contribution in [2.75, 3.05) is 13.1 Å². The van der Waals surface area contributed by atoms with Gasteiger partial charge in [0.15, 0.2) is 17.3 Å². The molecule has 0 N–H and O–H groups in total. The quantitative estimate of drug-likeness (QED) is 0.789. The number of nitrogens with zero attached hydrogens (tertiary/aromatic N) is 2. The second-order valence-electron chi connectivity index (χ2n) is 5.97. The molecule has 0 atom stereocenters. The summed E-state index contributed by atoms with van der Waals surface area (Å²) in [7, 11) is 0. The molecule has 1 fully saturated rings. The third-order valence-electron chi connectivity index (χ3n) is 3.87. The van der Waals surface area contributed by atoms with E-state index in [0.717, 1.165) is 25.2 Å². The van der Waals surface area contributed by atoms with E-state index in [9.17, 15) is 4.39 Å². The molecule has 0 saturated carbocycles. The van der Waals surface area contributed by atoms with Gasteiger partial charge in [-0.1, -0.05) is 34.1 Å². The molecule has 1 aromatic heterocycles. The minimum absolute atomic E-state index is 0.173. The first kappa shape index (κ1) is 16.9. The summed E-state index contributed by atoms with van der Waals surface area (Å²) < 4.78 is 19.6. The van der Waals surface area contributed by atoms with Gasteiger partial charge in [-0.2, -0.15) is 0 Å². The lowest BCUT2D eigenvalue weighted by atomic mass is 10.1. The fourth-order valence-electron chi connectivity index (χ4n) is 2.78. The summed E-state index contributed by atoms with van der Waals surface area (Å²) in [5.41, 5.74) is 1.91. The lowest BCUT2D eigenvalue weighted by Crippen LogP contribution is -2.29. The molecular formula is C18H27FN2O. The van der Waals surface area contributed by atoms with Crippen molar-refractivity contribution < 1.29 is 8.81 Å². The highest BCUT2D eigenvalue weighted by molar-refractivity contribution is 5.74. The molecule has 0 aliphatic carbocycles. The molecule has 0 amide bonds. The molecule has 0 unspecified atom stereocenters. The summed E-state index contributed by atoms with van der Waals surface area (Å²) in [5.74, 6) is 0.482. The third kappa shape index (κ3) is 3.86. The Hall–Kier alpha value is -1.42. The summed E-state index contributed by atoms with van der Waals surface area (Å²) in [5, 5.41) is 0. The van der Waals surface area contributed by atoms with Crippen molar-refractivity contribution in [3.63, 3.8) is 0 Å². The molecule has 4 heteroatoms. The molecule has 0 radical (unpaired) electrons. The zero-order valence-corrected chi connectivity index (χ0v) is 14.2. The Morgan fingerprint density at radius 1 is 1.18 bits per heavy atom. The van der Waals surface area contributed by atoms with Gasteiger partial charge in [0, 0.05) is 12.5 Å². The summed E-state index contributed by atoms with van der Waals surface area (Å²) in [6.45, 7) is 11.0. The molecule has 3 rings (SSSR count). The fourth-order valence-corrected chi connectivity index (χ4v) is 2.78. The van der Waals surface area contributed by atoms with Crippen LogP contribution in [0.25, 0.3) is 11.1 Å². The lowest BCUT2D eigenvalue weighted by Gasteiger charge is -2.26. The molecule has 1 aliphatic heterocycles. The van der Waals surface area contributed by atoms with Crippen molar-refractivity contribution in [2.24, 2.45) is 0 Å². The minimum atomic E-state index is -0.297. The van der Waals surface area contributed by atoms with Crippen LogP contribution in [0.15, 0.2) is 16.5 Å². The van der Waals surface area contributed by atoms with Gasteiger partial charge in [-0.05, 0) is 43.6 Å². The minimum Gasteiger partial charge on any atom is -0.437 e. The monoisotopic (exact) mass is 306 g/mol. The Labute approximate surface area is 132 Å². The van der Waals surface area contributed by atoms with Gasteiger partial charge >= 0.3 is 0 Å². The second-order valence-corrected chi connectivity index (χ2v) is 5.97. The van der Waals surface area contributed by atoms with E-state index >= 15 is 0 Å². The number of fused-ring (bicyclic) bond motifs is 1. The Bertz CT molecular complexity index is 600.